The van der Waals surface area contributed by atoms with Gasteiger partial charge in [-0.2, -0.15) is 5.10 Å². The van der Waals surface area contributed by atoms with Crippen LogP contribution >= 0.6 is 11.6 Å². The van der Waals surface area contributed by atoms with Gasteiger partial charge in [0.1, 0.15) is 18.9 Å². The average Bonchev–Trinajstić information content (AvgIpc) is 3.00. The van der Waals surface area contributed by atoms with Gasteiger partial charge in [-0.05, 0) is 49.2 Å². The van der Waals surface area contributed by atoms with Crippen LogP contribution in [0, 0.1) is 0 Å². The average molecular weight is 385 g/mol. The van der Waals surface area contributed by atoms with Crippen molar-refractivity contribution in [2.45, 2.75) is 27.0 Å². The van der Waals surface area contributed by atoms with Crippen molar-refractivity contribution in [3.05, 3.63) is 64.7 Å². The largest absolute Gasteiger partial charge is 0.489 e. The Labute approximate surface area is 163 Å². The second-order valence-electron chi connectivity index (χ2n) is 6.43. The first-order valence-corrected chi connectivity index (χ1v) is 8.97. The molecule has 1 heterocycles. The molecule has 1 fully saturated rings. The molecule has 1 aliphatic rings. The minimum absolute atomic E-state index is 0.0828. The minimum Gasteiger partial charge on any atom is -0.489 e. The molecule has 0 spiro atoms. The predicted molar refractivity (Wildman–Crippen MR) is 107 cm³/mol. The van der Waals surface area contributed by atoms with Crippen molar-refractivity contribution in [1.29, 1.82) is 0 Å². The van der Waals surface area contributed by atoms with Crippen molar-refractivity contribution in [2.24, 2.45) is 10.2 Å². The molecule has 2 aromatic rings. The van der Waals surface area contributed by atoms with Crippen LogP contribution in [0.15, 0.2) is 58.7 Å². The van der Waals surface area contributed by atoms with E-state index < -0.39 is 0 Å². The SMILES string of the molecule is CC(C)=NN=C1NC(=O)CN1Cc1ccc(OCc2ccc(Cl)cc2)cc1. The van der Waals surface area contributed by atoms with Crippen molar-refractivity contribution in [1.82, 2.24) is 10.2 Å². The number of nitrogens with zero attached hydrogens (tertiary/aromatic N) is 3. The third-order valence-electron chi connectivity index (χ3n) is 3.85. The van der Waals surface area contributed by atoms with Crippen molar-refractivity contribution >= 4 is 29.2 Å². The first-order chi connectivity index (χ1) is 13.0. The second kappa shape index (κ2) is 8.68. The molecular formula is C20H21ClN4O2. The summed E-state index contributed by atoms with van der Waals surface area (Å²) in [7, 11) is 0. The molecule has 1 saturated heterocycles. The number of nitrogens with one attached hydrogen (secondary N) is 1. The summed E-state index contributed by atoms with van der Waals surface area (Å²) in [5, 5.41) is 11.6. The monoisotopic (exact) mass is 384 g/mol. The Morgan fingerprint density at radius 1 is 1.11 bits per heavy atom. The third-order valence-corrected chi connectivity index (χ3v) is 4.10. The molecule has 1 aliphatic heterocycles. The molecule has 0 radical (unpaired) electrons. The molecule has 1 N–H and O–H groups in total. The van der Waals surface area contributed by atoms with E-state index in [9.17, 15) is 4.79 Å². The van der Waals surface area contributed by atoms with Gasteiger partial charge < -0.3 is 9.64 Å². The molecule has 27 heavy (non-hydrogen) atoms. The Balaban J connectivity index is 1.59. The number of hydrogen-bond donors (Lipinski definition) is 1. The van der Waals surface area contributed by atoms with Crippen LogP contribution in [0.25, 0.3) is 0 Å². The zero-order chi connectivity index (χ0) is 19.2. The van der Waals surface area contributed by atoms with Crippen molar-refractivity contribution in [3.8, 4) is 5.75 Å². The maximum atomic E-state index is 11.7. The highest BCUT2D eigenvalue weighted by atomic mass is 35.5. The number of carbonyl (C=O) groups is 1. The van der Waals surface area contributed by atoms with Gasteiger partial charge in [0.25, 0.3) is 0 Å². The van der Waals surface area contributed by atoms with E-state index in [1.165, 1.54) is 0 Å². The molecule has 7 heteroatoms. The molecule has 6 nitrogen and oxygen atoms in total. The smallest absolute Gasteiger partial charge is 0.246 e. The highest BCUT2D eigenvalue weighted by Crippen LogP contribution is 2.17. The number of hydrogen-bond acceptors (Lipinski definition) is 4. The topological polar surface area (TPSA) is 66.3 Å². The number of benzene rings is 2. The summed E-state index contributed by atoms with van der Waals surface area (Å²) >= 11 is 5.88. The summed E-state index contributed by atoms with van der Waals surface area (Å²) < 4.78 is 5.80. The number of rotatable bonds is 6. The Morgan fingerprint density at radius 2 is 1.78 bits per heavy atom. The van der Waals surface area contributed by atoms with Crippen LogP contribution in [0.5, 0.6) is 5.75 Å². The lowest BCUT2D eigenvalue weighted by Crippen LogP contribution is -2.29. The molecular weight excluding hydrogens is 364 g/mol. The highest BCUT2D eigenvalue weighted by Gasteiger charge is 2.25. The summed E-state index contributed by atoms with van der Waals surface area (Å²) in [4.78, 5) is 13.5. The van der Waals surface area contributed by atoms with Crippen LogP contribution < -0.4 is 10.1 Å². The van der Waals surface area contributed by atoms with Gasteiger partial charge in [0.15, 0.2) is 0 Å². The van der Waals surface area contributed by atoms with Crippen LogP contribution in [-0.2, 0) is 17.9 Å². The van der Waals surface area contributed by atoms with E-state index in [2.05, 4.69) is 15.5 Å². The number of guanidine groups is 1. The van der Waals surface area contributed by atoms with Gasteiger partial charge in [-0.15, -0.1) is 5.10 Å². The number of carbonyl (C=O) groups excluding carboxylic acids is 1. The minimum atomic E-state index is -0.0828. The van der Waals surface area contributed by atoms with Crippen LogP contribution in [0.4, 0.5) is 0 Å². The van der Waals surface area contributed by atoms with Crippen molar-refractivity contribution in [3.63, 3.8) is 0 Å². The Bertz CT molecular complexity index is 857. The van der Waals surface area contributed by atoms with Crippen molar-refractivity contribution < 1.29 is 9.53 Å². The number of halogens is 1. The maximum absolute atomic E-state index is 11.7. The summed E-state index contributed by atoms with van der Waals surface area (Å²) in [6.07, 6.45) is 0. The molecule has 0 saturated carbocycles. The van der Waals surface area contributed by atoms with Crippen molar-refractivity contribution in [2.75, 3.05) is 6.54 Å². The van der Waals surface area contributed by atoms with E-state index >= 15 is 0 Å². The lowest BCUT2D eigenvalue weighted by Gasteiger charge is -2.16. The number of ether oxygens (including phenoxy) is 1. The summed E-state index contributed by atoms with van der Waals surface area (Å²) in [6, 6.07) is 15.4. The Morgan fingerprint density at radius 3 is 2.44 bits per heavy atom. The standard InChI is InChI=1S/C20H21ClN4O2/c1-14(2)23-24-20-22-19(26)12-25(20)11-15-5-9-18(10-6-15)27-13-16-3-7-17(21)8-4-16/h3-10H,11-13H2,1-2H3,(H,22,24,26). The maximum Gasteiger partial charge on any atom is 0.246 e. The second-order valence-corrected chi connectivity index (χ2v) is 6.87. The Kier molecular flexibility index (Phi) is 6.08. The van der Waals surface area contributed by atoms with E-state index in [1.54, 1.807) is 0 Å². The molecule has 0 bridgehead atoms. The van der Waals surface area contributed by atoms with Crippen LogP contribution in [0.3, 0.4) is 0 Å². The van der Waals surface area contributed by atoms with Gasteiger partial charge in [-0.25, -0.2) is 0 Å². The molecule has 140 valence electrons. The fourth-order valence-electron chi connectivity index (χ4n) is 2.52. The van der Waals surface area contributed by atoms with Gasteiger partial charge in [0.2, 0.25) is 11.9 Å². The number of amides is 1. The van der Waals surface area contributed by atoms with Gasteiger partial charge in [-0.1, -0.05) is 35.9 Å². The summed E-state index contributed by atoms with van der Waals surface area (Å²) in [5.74, 6) is 1.18. The first-order valence-electron chi connectivity index (χ1n) is 8.59. The summed E-state index contributed by atoms with van der Waals surface area (Å²) in [6.45, 7) is 5.02. The van der Waals surface area contributed by atoms with E-state index in [-0.39, 0.29) is 12.5 Å². The highest BCUT2D eigenvalue weighted by molar-refractivity contribution is 6.30. The van der Waals surface area contributed by atoms with Gasteiger partial charge in [0, 0.05) is 17.3 Å². The van der Waals surface area contributed by atoms with Gasteiger partial charge in [0.05, 0.1) is 0 Å². The summed E-state index contributed by atoms with van der Waals surface area (Å²) in [5.41, 5.74) is 2.93. The predicted octanol–water partition coefficient (Wildman–Crippen LogP) is 3.60. The first kappa shape index (κ1) is 18.9. The zero-order valence-corrected chi connectivity index (χ0v) is 16.0. The Hall–Kier alpha value is -2.86. The molecule has 3 rings (SSSR count). The van der Waals surface area contributed by atoms with Crippen LogP contribution in [0.2, 0.25) is 5.02 Å². The normalized spacial score (nSPS) is 15.0. The van der Waals surface area contributed by atoms with Gasteiger partial charge in [-0.3, -0.25) is 10.1 Å². The van der Waals surface area contributed by atoms with E-state index in [0.29, 0.717) is 24.1 Å². The van der Waals surface area contributed by atoms with E-state index in [0.717, 1.165) is 22.6 Å². The zero-order valence-electron chi connectivity index (χ0n) is 15.3. The third kappa shape index (κ3) is 5.56. The molecule has 1 amide bonds. The molecule has 0 unspecified atom stereocenters. The van der Waals surface area contributed by atoms with E-state index in [1.807, 2.05) is 67.3 Å². The quantitative estimate of drug-likeness (QED) is 0.611. The molecule has 0 aromatic heterocycles. The lowest BCUT2D eigenvalue weighted by molar-refractivity contribution is -0.118. The van der Waals surface area contributed by atoms with E-state index in [4.69, 9.17) is 16.3 Å². The fraction of sp³-hybridized carbons (Fsp3) is 0.250. The fourth-order valence-corrected chi connectivity index (χ4v) is 2.64. The van der Waals surface area contributed by atoms with Crippen LogP contribution in [0.1, 0.15) is 25.0 Å². The molecule has 0 atom stereocenters. The van der Waals surface area contributed by atoms with Crippen LogP contribution in [-0.4, -0.2) is 29.0 Å². The lowest BCUT2D eigenvalue weighted by atomic mass is 10.2. The van der Waals surface area contributed by atoms with Gasteiger partial charge >= 0.3 is 0 Å². The molecule has 2 aromatic carbocycles. The molecule has 0 aliphatic carbocycles.